The van der Waals surface area contributed by atoms with Crippen LogP contribution in [0.3, 0.4) is 0 Å². The summed E-state index contributed by atoms with van der Waals surface area (Å²) < 4.78 is 5.43. The van der Waals surface area contributed by atoms with Crippen LogP contribution >= 0.6 is 0 Å². The first-order valence-corrected chi connectivity index (χ1v) is 6.64. The van der Waals surface area contributed by atoms with Crippen molar-refractivity contribution in [3.63, 3.8) is 0 Å². The summed E-state index contributed by atoms with van der Waals surface area (Å²) in [5.74, 6) is 0.0682. The van der Waals surface area contributed by atoms with E-state index in [1.165, 1.54) is 0 Å². The number of hydrogen-bond donors (Lipinski definition) is 3. The SMILES string of the molecule is CC1(Nc2cc3c(cc2N)CCC(=O)N3)CCOC1. The van der Waals surface area contributed by atoms with Crippen molar-refractivity contribution in [2.75, 3.05) is 29.6 Å². The largest absolute Gasteiger partial charge is 0.397 e. The van der Waals surface area contributed by atoms with Crippen LogP contribution in [-0.4, -0.2) is 24.7 Å². The van der Waals surface area contributed by atoms with E-state index in [0.29, 0.717) is 13.0 Å². The first-order valence-electron chi connectivity index (χ1n) is 6.64. The molecule has 2 heterocycles. The summed E-state index contributed by atoms with van der Waals surface area (Å²) in [5, 5.41) is 6.35. The van der Waals surface area contributed by atoms with E-state index in [-0.39, 0.29) is 11.4 Å². The van der Waals surface area contributed by atoms with Gasteiger partial charge in [-0.3, -0.25) is 4.79 Å². The number of carbonyl (C=O) groups is 1. The molecule has 0 saturated carbocycles. The lowest BCUT2D eigenvalue weighted by atomic mass is 9.98. The fraction of sp³-hybridized carbons (Fsp3) is 0.500. The highest BCUT2D eigenvalue weighted by Gasteiger charge is 2.30. The minimum absolute atomic E-state index is 0.0682. The number of nitrogen functional groups attached to an aromatic ring is 1. The molecule has 5 heteroatoms. The zero-order chi connectivity index (χ0) is 13.5. The van der Waals surface area contributed by atoms with Crippen molar-refractivity contribution < 1.29 is 9.53 Å². The van der Waals surface area contributed by atoms with Gasteiger partial charge in [0.1, 0.15) is 0 Å². The molecule has 1 amide bonds. The summed E-state index contributed by atoms with van der Waals surface area (Å²) in [7, 11) is 0. The number of fused-ring (bicyclic) bond motifs is 1. The Morgan fingerprint density at radius 2 is 2.26 bits per heavy atom. The van der Waals surface area contributed by atoms with Crippen LogP contribution in [0.4, 0.5) is 17.1 Å². The molecule has 2 aliphatic rings. The summed E-state index contributed by atoms with van der Waals surface area (Å²) in [6.45, 7) is 3.57. The van der Waals surface area contributed by atoms with Crippen molar-refractivity contribution in [1.82, 2.24) is 0 Å². The van der Waals surface area contributed by atoms with Crippen LogP contribution in [0.1, 0.15) is 25.3 Å². The van der Waals surface area contributed by atoms with Crippen LogP contribution in [-0.2, 0) is 16.0 Å². The number of nitrogens with two attached hydrogens (primary N) is 1. The Morgan fingerprint density at radius 1 is 1.42 bits per heavy atom. The number of amides is 1. The Balaban J connectivity index is 1.89. The Kier molecular flexibility index (Phi) is 2.86. The predicted octanol–water partition coefficient (Wildman–Crippen LogP) is 1.74. The van der Waals surface area contributed by atoms with E-state index in [4.69, 9.17) is 10.5 Å². The molecule has 0 bridgehead atoms. The summed E-state index contributed by atoms with van der Waals surface area (Å²) in [6, 6.07) is 3.89. The Labute approximate surface area is 112 Å². The molecule has 1 atom stereocenters. The highest BCUT2D eigenvalue weighted by Crippen LogP contribution is 2.34. The molecule has 4 N–H and O–H groups in total. The molecule has 1 saturated heterocycles. The molecule has 102 valence electrons. The van der Waals surface area contributed by atoms with Crippen molar-refractivity contribution in [3.8, 4) is 0 Å². The van der Waals surface area contributed by atoms with Gasteiger partial charge in [-0.2, -0.15) is 0 Å². The normalized spacial score (nSPS) is 25.8. The van der Waals surface area contributed by atoms with E-state index < -0.39 is 0 Å². The fourth-order valence-corrected chi connectivity index (χ4v) is 2.65. The molecule has 1 unspecified atom stereocenters. The van der Waals surface area contributed by atoms with E-state index >= 15 is 0 Å². The first-order chi connectivity index (χ1) is 9.06. The van der Waals surface area contributed by atoms with Crippen molar-refractivity contribution in [2.24, 2.45) is 0 Å². The Hall–Kier alpha value is -1.75. The van der Waals surface area contributed by atoms with Gasteiger partial charge in [-0.05, 0) is 37.5 Å². The lowest BCUT2D eigenvalue weighted by molar-refractivity contribution is -0.116. The third kappa shape index (κ3) is 2.38. The van der Waals surface area contributed by atoms with E-state index in [1.54, 1.807) is 0 Å². The van der Waals surface area contributed by atoms with Crippen molar-refractivity contribution in [3.05, 3.63) is 17.7 Å². The fourth-order valence-electron chi connectivity index (χ4n) is 2.65. The standard InChI is InChI=1S/C14H19N3O2/c1-14(4-5-19-8-14)17-12-7-11-9(6-10(12)15)2-3-13(18)16-11/h6-7,17H,2-5,8,15H2,1H3,(H,16,18). The van der Waals surface area contributed by atoms with Crippen molar-refractivity contribution >= 4 is 23.0 Å². The first kappa shape index (κ1) is 12.3. The van der Waals surface area contributed by atoms with Crippen LogP contribution in [0.25, 0.3) is 0 Å². The monoisotopic (exact) mass is 261 g/mol. The van der Waals surface area contributed by atoms with Gasteiger partial charge in [0.2, 0.25) is 5.91 Å². The zero-order valence-corrected chi connectivity index (χ0v) is 11.1. The molecule has 3 rings (SSSR count). The second-order valence-corrected chi connectivity index (χ2v) is 5.63. The van der Waals surface area contributed by atoms with Crippen LogP contribution < -0.4 is 16.4 Å². The molecule has 1 fully saturated rings. The second-order valence-electron chi connectivity index (χ2n) is 5.63. The van der Waals surface area contributed by atoms with Gasteiger partial charge in [-0.25, -0.2) is 0 Å². The van der Waals surface area contributed by atoms with Crippen LogP contribution in [0, 0.1) is 0 Å². The molecule has 2 aliphatic heterocycles. The van der Waals surface area contributed by atoms with Gasteiger partial charge in [0, 0.05) is 18.7 Å². The lowest BCUT2D eigenvalue weighted by Crippen LogP contribution is -2.35. The third-order valence-corrected chi connectivity index (χ3v) is 3.83. The molecular weight excluding hydrogens is 242 g/mol. The van der Waals surface area contributed by atoms with Crippen LogP contribution in [0.15, 0.2) is 12.1 Å². The quantitative estimate of drug-likeness (QED) is 0.709. The van der Waals surface area contributed by atoms with Gasteiger partial charge in [0.25, 0.3) is 0 Å². The summed E-state index contributed by atoms with van der Waals surface area (Å²) in [5.41, 5.74) is 9.59. The van der Waals surface area contributed by atoms with Gasteiger partial charge in [-0.1, -0.05) is 0 Å². The average Bonchev–Trinajstić information content (AvgIpc) is 2.78. The maximum atomic E-state index is 11.4. The number of rotatable bonds is 2. The number of ether oxygens (including phenoxy) is 1. The second kappa shape index (κ2) is 4.42. The van der Waals surface area contributed by atoms with Crippen LogP contribution in [0.2, 0.25) is 0 Å². The molecule has 1 aromatic carbocycles. The van der Waals surface area contributed by atoms with E-state index in [1.807, 2.05) is 12.1 Å². The Bertz CT molecular complexity index is 522. The topological polar surface area (TPSA) is 76.4 Å². The number of carbonyl (C=O) groups excluding carboxylic acids is 1. The Morgan fingerprint density at radius 3 is 3.00 bits per heavy atom. The van der Waals surface area contributed by atoms with E-state index in [0.717, 1.165) is 42.1 Å². The molecule has 0 spiro atoms. The van der Waals surface area contributed by atoms with Gasteiger partial charge < -0.3 is 21.1 Å². The molecule has 0 radical (unpaired) electrons. The van der Waals surface area contributed by atoms with Gasteiger partial charge in [0.15, 0.2) is 0 Å². The minimum Gasteiger partial charge on any atom is -0.397 e. The molecule has 1 aromatic rings. The van der Waals surface area contributed by atoms with E-state index in [2.05, 4.69) is 17.6 Å². The highest BCUT2D eigenvalue weighted by molar-refractivity contribution is 5.95. The van der Waals surface area contributed by atoms with Crippen molar-refractivity contribution in [2.45, 2.75) is 31.7 Å². The van der Waals surface area contributed by atoms with Crippen LogP contribution in [0.5, 0.6) is 0 Å². The molecular formula is C14H19N3O2. The highest BCUT2D eigenvalue weighted by atomic mass is 16.5. The smallest absolute Gasteiger partial charge is 0.224 e. The van der Waals surface area contributed by atoms with Gasteiger partial charge >= 0.3 is 0 Å². The maximum absolute atomic E-state index is 11.4. The lowest BCUT2D eigenvalue weighted by Gasteiger charge is -2.27. The maximum Gasteiger partial charge on any atom is 0.224 e. The number of aryl methyl sites for hydroxylation is 1. The van der Waals surface area contributed by atoms with Gasteiger partial charge in [0.05, 0.1) is 23.5 Å². The summed E-state index contributed by atoms with van der Waals surface area (Å²) in [4.78, 5) is 11.4. The average molecular weight is 261 g/mol. The summed E-state index contributed by atoms with van der Waals surface area (Å²) >= 11 is 0. The van der Waals surface area contributed by atoms with Crippen molar-refractivity contribution in [1.29, 1.82) is 0 Å². The number of hydrogen-bond acceptors (Lipinski definition) is 4. The molecule has 5 nitrogen and oxygen atoms in total. The molecule has 0 aliphatic carbocycles. The minimum atomic E-state index is -0.0823. The van der Waals surface area contributed by atoms with Gasteiger partial charge in [-0.15, -0.1) is 0 Å². The predicted molar refractivity (Wildman–Crippen MR) is 75.3 cm³/mol. The third-order valence-electron chi connectivity index (χ3n) is 3.83. The van der Waals surface area contributed by atoms with E-state index in [9.17, 15) is 4.79 Å². The number of benzene rings is 1. The zero-order valence-electron chi connectivity index (χ0n) is 11.1. The summed E-state index contributed by atoms with van der Waals surface area (Å²) in [6.07, 6.45) is 2.24. The molecule has 19 heavy (non-hydrogen) atoms. The number of anilines is 3. The molecule has 0 aromatic heterocycles. The number of nitrogens with one attached hydrogen (secondary N) is 2.